The van der Waals surface area contributed by atoms with Crippen molar-refractivity contribution in [3.63, 3.8) is 0 Å². The number of hydrogen-bond acceptors (Lipinski definition) is 6. The summed E-state index contributed by atoms with van der Waals surface area (Å²) in [6.45, 7) is 9.50. The van der Waals surface area contributed by atoms with E-state index in [1.165, 1.54) is 0 Å². The number of nitrogens with two attached hydrogens (primary N) is 1. The van der Waals surface area contributed by atoms with E-state index in [4.69, 9.17) is 10.6 Å². The average molecular weight is 267 g/mol. The Balaban J connectivity index is 2.85. The van der Waals surface area contributed by atoms with Crippen LogP contribution in [-0.4, -0.2) is 36.3 Å². The molecule has 0 aliphatic carbocycles. The maximum atomic E-state index is 5.56. The number of nitrogens with zero attached hydrogens (tertiary/aromatic N) is 3. The van der Waals surface area contributed by atoms with Crippen molar-refractivity contribution in [2.45, 2.75) is 40.2 Å². The standard InChI is InChI=1S/C13H25N5O/c1-6-11-15-12(17-14)10(4)13(16-11)18(5)7-8-19-9(2)3/h9H,6-8,14H2,1-5H3,(H,15,16,17). The van der Waals surface area contributed by atoms with E-state index in [0.29, 0.717) is 12.4 Å². The Hall–Kier alpha value is -1.40. The van der Waals surface area contributed by atoms with Crippen LogP contribution in [0.5, 0.6) is 0 Å². The highest BCUT2D eigenvalue weighted by Gasteiger charge is 2.13. The normalized spacial score (nSPS) is 10.9. The molecule has 0 atom stereocenters. The van der Waals surface area contributed by atoms with Crippen molar-refractivity contribution in [2.75, 3.05) is 30.5 Å². The Morgan fingerprint density at radius 2 is 2.05 bits per heavy atom. The van der Waals surface area contributed by atoms with Gasteiger partial charge in [-0.3, -0.25) is 0 Å². The molecule has 1 heterocycles. The van der Waals surface area contributed by atoms with Gasteiger partial charge in [-0.1, -0.05) is 6.92 Å². The number of hydrazine groups is 1. The number of aromatic nitrogens is 2. The van der Waals surface area contributed by atoms with Crippen LogP contribution in [0.4, 0.5) is 11.6 Å². The molecule has 0 fully saturated rings. The summed E-state index contributed by atoms with van der Waals surface area (Å²) in [4.78, 5) is 11.0. The second kappa shape index (κ2) is 7.25. The van der Waals surface area contributed by atoms with Gasteiger partial charge in [0.05, 0.1) is 12.7 Å². The predicted molar refractivity (Wildman–Crippen MR) is 78.3 cm³/mol. The van der Waals surface area contributed by atoms with Crippen molar-refractivity contribution in [3.05, 3.63) is 11.4 Å². The first kappa shape index (κ1) is 15.7. The average Bonchev–Trinajstić information content (AvgIpc) is 2.38. The van der Waals surface area contributed by atoms with E-state index >= 15 is 0 Å². The van der Waals surface area contributed by atoms with Gasteiger partial charge in [-0.25, -0.2) is 15.8 Å². The minimum absolute atomic E-state index is 0.243. The highest BCUT2D eigenvalue weighted by atomic mass is 16.5. The maximum absolute atomic E-state index is 5.56. The molecule has 6 nitrogen and oxygen atoms in total. The van der Waals surface area contributed by atoms with Crippen LogP contribution in [0, 0.1) is 6.92 Å². The van der Waals surface area contributed by atoms with Gasteiger partial charge >= 0.3 is 0 Å². The number of nitrogen functional groups attached to an aromatic ring is 1. The second-order valence-corrected chi connectivity index (χ2v) is 4.78. The molecule has 0 saturated carbocycles. The number of anilines is 2. The Bertz CT molecular complexity index is 408. The minimum atomic E-state index is 0.243. The quantitative estimate of drug-likeness (QED) is 0.576. The fraction of sp³-hybridized carbons (Fsp3) is 0.692. The van der Waals surface area contributed by atoms with Crippen LogP contribution in [0.25, 0.3) is 0 Å². The molecule has 1 aromatic heterocycles. The first-order valence-electron chi connectivity index (χ1n) is 6.66. The molecule has 3 N–H and O–H groups in total. The van der Waals surface area contributed by atoms with Crippen LogP contribution >= 0.6 is 0 Å². The Morgan fingerprint density at radius 1 is 1.37 bits per heavy atom. The van der Waals surface area contributed by atoms with Gasteiger partial charge in [0.1, 0.15) is 17.5 Å². The van der Waals surface area contributed by atoms with Crippen LogP contribution in [0.15, 0.2) is 0 Å². The maximum Gasteiger partial charge on any atom is 0.148 e. The van der Waals surface area contributed by atoms with E-state index < -0.39 is 0 Å². The van der Waals surface area contributed by atoms with Gasteiger partial charge in [0.2, 0.25) is 0 Å². The zero-order valence-corrected chi connectivity index (χ0v) is 12.5. The molecule has 19 heavy (non-hydrogen) atoms. The predicted octanol–water partition coefficient (Wildman–Crippen LogP) is 1.49. The van der Waals surface area contributed by atoms with E-state index in [1.807, 2.05) is 34.7 Å². The van der Waals surface area contributed by atoms with E-state index in [9.17, 15) is 0 Å². The molecule has 108 valence electrons. The minimum Gasteiger partial charge on any atom is -0.377 e. The van der Waals surface area contributed by atoms with Crippen LogP contribution in [0.2, 0.25) is 0 Å². The van der Waals surface area contributed by atoms with Crippen molar-refractivity contribution in [1.29, 1.82) is 0 Å². The van der Waals surface area contributed by atoms with Crippen LogP contribution in [0.3, 0.4) is 0 Å². The van der Waals surface area contributed by atoms with E-state index in [0.717, 1.165) is 30.2 Å². The van der Waals surface area contributed by atoms with Gasteiger partial charge < -0.3 is 15.1 Å². The van der Waals surface area contributed by atoms with Gasteiger partial charge in [-0.2, -0.15) is 0 Å². The number of rotatable bonds is 7. The van der Waals surface area contributed by atoms with Crippen molar-refractivity contribution in [3.8, 4) is 0 Å². The Kier molecular flexibility index (Phi) is 5.98. The number of ether oxygens (including phenoxy) is 1. The molecule has 6 heteroatoms. The molecule has 0 radical (unpaired) electrons. The fourth-order valence-corrected chi connectivity index (χ4v) is 1.75. The number of nitrogens with one attached hydrogen (secondary N) is 1. The Morgan fingerprint density at radius 3 is 2.58 bits per heavy atom. The molecule has 0 aliphatic heterocycles. The molecular weight excluding hydrogens is 242 g/mol. The van der Waals surface area contributed by atoms with Crippen molar-refractivity contribution < 1.29 is 4.74 Å². The molecule has 0 spiro atoms. The summed E-state index contributed by atoms with van der Waals surface area (Å²) in [7, 11) is 2.00. The van der Waals surface area contributed by atoms with Gasteiger partial charge in [0, 0.05) is 25.6 Å². The third kappa shape index (κ3) is 4.33. The third-order valence-corrected chi connectivity index (χ3v) is 2.86. The molecular formula is C13H25N5O. The highest BCUT2D eigenvalue weighted by molar-refractivity contribution is 5.57. The van der Waals surface area contributed by atoms with E-state index in [1.54, 1.807) is 0 Å². The molecule has 0 saturated heterocycles. The molecule has 0 aliphatic rings. The van der Waals surface area contributed by atoms with Crippen LogP contribution < -0.4 is 16.2 Å². The summed E-state index contributed by atoms with van der Waals surface area (Å²) in [5.41, 5.74) is 3.58. The summed E-state index contributed by atoms with van der Waals surface area (Å²) >= 11 is 0. The fourth-order valence-electron chi connectivity index (χ4n) is 1.75. The van der Waals surface area contributed by atoms with E-state index in [2.05, 4.69) is 20.3 Å². The summed E-state index contributed by atoms with van der Waals surface area (Å²) < 4.78 is 5.56. The largest absolute Gasteiger partial charge is 0.377 e. The first-order chi connectivity index (χ1) is 8.99. The lowest BCUT2D eigenvalue weighted by Gasteiger charge is -2.22. The van der Waals surface area contributed by atoms with Crippen molar-refractivity contribution >= 4 is 11.6 Å². The molecule has 0 unspecified atom stereocenters. The topological polar surface area (TPSA) is 76.3 Å². The van der Waals surface area contributed by atoms with Gasteiger partial charge in [0.25, 0.3) is 0 Å². The van der Waals surface area contributed by atoms with Crippen LogP contribution in [0.1, 0.15) is 32.2 Å². The molecule has 1 rings (SSSR count). The zero-order valence-electron chi connectivity index (χ0n) is 12.5. The highest BCUT2D eigenvalue weighted by Crippen LogP contribution is 2.22. The summed E-state index contributed by atoms with van der Waals surface area (Å²) in [5.74, 6) is 7.86. The zero-order chi connectivity index (χ0) is 14.4. The lowest BCUT2D eigenvalue weighted by molar-refractivity contribution is 0.0845. The first-order valence-corrected chi connectivity index (χ1v) is 6.66. The number of aryl methyl sites for hydroxylation is 1. The smallest absolute Gasteiger partial charge is 0.148 e. The number of hydrogen-bond donors (Lipinski definition) is 2. The molecule has 0 bridgehead atoms. The summed E-state index contributed by atoms with van der Waals surface area (Å²) in [6.07, 6.45) is 1.02. The second-order valence-electron chi connectivity index (χ2n) is 4.78. The lowest BCUT2D eigenvalue weighted by atomic mass is 10.2. The number of likely N-dealkylation sites (N-methyl/N-ethyl adjacent to an activating group) is 1. The monoisotopic (exact) mass is 267 g/mol. The Labute approximate surface area is 115 Å². The van der Waals surface area contributed by atoms with Gasteiger partial charge in [-0.05, 0) is 20.8 Å². The summed E-state index contributed by atoms with van der Waals surface area (Å²) in [5, 5.41) is 0. The van der Waals surface area contributed by atoms with Gasteiger partial charge in [-0.15, -0.1) is 0 Å². The van der Waals surface area contributed by atoms with E-state index in [-0.39, 0.29) is 6.10 Å². The third-order valence-electron chi connectivity index (χ3n) is 2.86. The summed E-state index contributed by atoms with van der Waals surface area (Å²) in [6, 6.07) is 0. The molecule has 1 aromatic rings. The molecule has 0 amide bonds. The molecule has 0 aromatic carbocycles. The van der Waals surface area contributed by atoms with Crippen molar-refractivity contribution in [2.24, 2.45) is 5.84 Å². The van der Waals surface area contributed by atoms with Gasteiger partial charge in [0.15, 0.2) is 0 Å². The van der Waals surface area contributed by atoms with Crippen molar-refractivity contribution in [1.82, 2.24) is 9.97 Å². The van der Waals surface area contributed by atoms with Crippen LogP contribution in [-0.2, 0) is 11.2 Å². The lowest BCUT2D eigenvalue weighted by Crippen LogP contribution is -2.27. The SMILES string of the molecule is CCc1nc(NN)c(C)c(N(C)CCOC(C)C)n1.